The summed E-state index contributed by atoms with van der Waals surface area (Å²) in [5.74, 6) is 1.04. The second-order valence-corrected chi connectivity index (χ2v) is 3.41. The van der Waals surface area contributed by atoms with Crippen LogP contribution in [0.15, 0.2) is 18.2 Å². The minimum atomic E-state index is 0.519. The Bertz CT molecular complexity index is 309. The largest absolute Gasteiger partial charge is 0.496 e. The molecule has 0 unspecified atom stereocenters. The highest BCUT2D eigenvalue weighted by molar-refractivity contribution is 5.44. The van der Waals surface area contributed by atoms with Gasteiger partial charge < -0.3 is 10.1 Å². The van der Waals surface area contributed by atoms with E-state index in [2.05, 4.69) is 17.4 Å². The molecule has 70 valence electrons. The molecule has 0 radical (unpaired) electrons. The minimum absolute atomic E-state index is 0.519. The third-order valence-electron chi connectivity index (χ3n) is 2.80. The maximum Gasteiger partial charge on any atom is 0.122 e. The molecule has 0 aliphatic heterocycles. The molecule has 1 aromatic carbocycles. The van der Waals surface area contributed by atoms with Crippen LogP contribution in [0.25, 0.3) is 0 Å². The van der Waals surface area contributed by atoms with Gasteiger partial charge in [-0.1, -0.05) is 12.1 Å². The maximum absolute atomic E-state index is 5.32. The predicted octanol–water partition coefficient (Wildman–Crippen LogP) is 1.90. The van der Waals surface area contributed by atoms with Crippen molar-refractivity contribution in [1.29, 1.82) is 0 Å². The van der Waals surface area contributed by atoms with Crippen molar-refractivity contribution in [1.82, 2.24) is 5.32 Å². The molecular formula is C11H15NO. The van der Waals surface area contributed by atoms with Gasteiger partial charge in [-0.3, -0.25) is 0 Å². The third-order valence-corrected chi connectivity index (χ3v) is 2.80. The van der Waals surface area contributed by atoms with Gasteiger partial charge in [0.15, 0.2) is 0 Å². The van der Waals surface area contributed by atoms with Crippen LogP contribution in [0, 0.1) is 0 Å². The SMILES string of the molecule is CN[C@H]1CCc2c(OC)cccc21. The molecule has 1 atom stereocenters. The van der Waals surface area contributed by atoms with Crippen molar-refractivity contribution in [2.45, 2.75) is 18.9 Å². The topological polar surface area (TPSA) is 21.3 Å². The van der Waals surface area contributed by atoms with Crippen LogP contribution in [0.2, 0.25) is 0 Å². The first-order valence-corrected chi connectivity index (χ1v) is 4.70. The van der Waals surface area contributed by atoms with Crippen molar-refractivity contribution in [2.75, 3.05) is 14.2 Å². The Morgan fingerprint density at radius 2 is 2.31 bits per heavy atom. The molecule has 1 aromatic rings. The van der Waals surface area contributed by atoms with E-state index in [9.17, 15) is 0 Å². The third kappa shape index (κ3) is 1.31. The zero-order chi connectivity index (χ0) is 9.26. The van der Waals surface area contributed by atoms with Crippen LogP contribution in [0.4, 0.5) is 0 Å². The highest BCUT2D eigenvalue weighted by Gasteiger charge is 2.23. The van der Waals surface area contributed by atoms with Gasteiger partial charge in [0.05, 0.1) is 7.11 Å². The van der Waals surface area contributed by atoms with Crippen LogP contribution in [0.3, 0.4) is 0 Å². The van der Waals surface area contributed by atoms with Gasteiger partial charge in [-0.05, 0) is 37.1 Å². The highest BCUT2D eigenvalue weighted by atomic mass is 16.5. The lowest BCUT2D eigenvalue weighted by Gasteiger charge is -2.10. The van der Waals surface area contributed by atoms with E-state index in [0.717, 1.165) is 12.2 Å². The van der Waals surface area contributed by atoms with E-state index in [1.54, 1.807) is 7.11 Å². The lowest BCUT2D eigenvalue weighted by Crippen LogP contribution is -2.12. The lowest BCUT2D eigenvalue weighted by atomic mass is 10.1. The van der Waals surface area contributed by atoms with Crippen LogP contribution < -0.4 is 10.1 Å². The van der Waals surface area contributed by atoms with Gasteiger partial charge in [0.25, 0.3) is 0 Å². The standard InChI is InChI=1S/C11H15NO/c1-12-10-7-6-9-8(10)4-3-5-11(9)13-2/h3-5,10,12H,6-7H2,1-2H3/t10-/m0/s1. The molecule has 0 heterocycles. The molecule has 0 bridgehead atoms. The number of ether oxygens (including phenoxy) is 1. The minimum Gasteiger partial charge on any atom is -0.496 e. The van der Waals surface area contributed by atoms with Crippen LogP contribution in [0.5, 0.6) is 5.75 Å². The number of rotatable bonds is 2. The van der Waals surface area contributed by atoms with E-state index < -0.39 is 0 Å². The molecule has 0 aromatic heterocycles. The van der Waals surface area contributed by atoms with Gasteiger partial charge in [-0.25, -0.2) is 0 Å². The van der Waals surface area contributed by atoms with E-state index in [4.69, 9.17) is 4.74 Å². The number of benzene rings is 1. The molecule has 2 rings (SSSR count). The fraction of sp³-hybridized carbons (Fsp3) is 0.455. The quantitative estimate of drug-likeness (QED) is 0.745. The summed E-state index contributed by atoms with van der Waals surface area (Å²) in [4.78, 5) is 0. The van der Waals surface area contributed by atoms with Gasteiger partial charge in [0.2, 0.25) is 0 Å². The Kier molecular flexibility index (Phi) is 2.23. The number of hydrogen-bond donors (Lipinski definition) is 1. The fourth-order valence-electron chi connectivity index (χ4n) is 2.11. The van der Waals surface area contributed by atoms with Crippen LogP contribution in [0.1, 0.15) is 23.6 Å². The Hall–Kier alpha value is -1.02. The van der Waals surface area contributed by atoms with Crippen molar-refractivity contribution in [3.05, 3.63) is 29.3 Å². The van der Waals surface area contributed by atoms with E-state index in [0.29, 0.717) is 6.04 Å². The zero-order valence-corrected chi connectivity index (χ0v) is 8.13. The molecule has 1 aliphatic rings. The molecule has 13 heavy (non-hydrogen) atoms. The Morgan fingerprint density at radius 3 is 3.00 bits per heavy atom. The fourth-order valence-corrected chi connectivity index (χ4v) is 2.11. The van der Waals surface area contributed by atoms with E-state index in [1.807, 2.05) is 13.1 Å². The van der Waals surface area contributed by atoms with Gasteiger partial charge in [0.1, 0.15) is 5.75 Å². The Morgan fingerprint density at radius 1 is 1.46 bits per heavy atom. The van der Waals surface area contributed by atoms with Crippen LogP contribution >= 0.6 is 0 Å². The van der Waals surface area contributed by atoms with Crippen molar-refractivity contribution >= 4 is 0 Å². The second kappa shape index (κ2) is 3.38. The highest BCUT2D eigenvalue weighted by Crippen LogP contribution is 2.36. The summed E-state index contributed by atoms with van der Waals surface area (Å²) in [5.41, 5.74) is 2.78. The van der Waals surface area contributed by atoms with Crippen LogP contribution in [-0.2, 0) is 6.42 Å². The van der Waals surface area contributed by atoms with Crippen molar-refractivity contribution < 1.29 is 4.74 Å². The lowest BCUT2D eigenvalue weighted by molar-refractivity contribution is 0.410. The van der Waals surface area contributed by atoms with E-state index in [-0.39, 0.29) is 0 Å². The van der Waals surface area contributed by atoms with Crippen LogP contribution in [-0.4, -0.2) is 14.2 Å². The number of nitrogens with one attached hydrogen (secondary N) is 1. The van der Waals surface area contributed by atoms with Gasteiger partial charge >= 0.3 is 0 Å². The smallest absolute Gasteiger partial charge is 0.122 e. The molecule has 2 heteroatoms. The Balaban J connectivity index is 2.43. The summed E-state index contributed by atoms with van der Waals surface area (Å²) >= 11 is 0. The normalized spacial score (nSPS) is 20.0. The second-order valence-electron chi connectivity index (χ2n) is 3.41. The summed E-state index contributed by atoms with van der Waals surface area (Å²) in [6.07, 6.45) is 2.32. The first-order valence-electron chi connectivity index (χ1n) is 4.70. The number of hydrogen-bond acceptors (Lipinski definition) is 2. The molecule has 1 N–H and O–H groups in total. The van der Waals surface area contributed by atoms with Crippen molar-refractivity contribution in [3.63, 3.8) is 0 Å². The average molecular weight is 177 g/mol. The number of methoxy groups -OCH3 is 1. The van der Waals surface area contributed by atoms with Crippen molar-refractivity contribution in [2.24, 2.45) is 0 Å². The summed E-state index contributed by atoms with van der Waals surface area (Å²) in [5, 5.41) is 3.32. The molecule has 2 nitrogen and oxygen atoms in total. The summed E-state index contributed by atoms with van der Waals surface area (Å²) in [6, 6.07) is 6.81. The molecule has 0 amide bonds. The molecule has 0 saturated heterocycles. The summed E-state index contributed by atoms with van der Waals surface area (Å²) in [6.45, 7) is 0. The zero-order valence-electron chi connectivity index (χ0n) is 8.13. The maximum atomic E-state index is 5.32. The summed E-state index contributed by atoms with van der Waals surface area (Å²) < 4.78 is 5.32. The first-order chi connectivity index (χ1) is 6.36. The molecular weight excluding hydrogens is 162 g/mol. The van der Waals surface area contributed by atoms with Gasteiger partial charge in [-0.15, -0.1) is 0 Å². The average Bonchev–Trinajstić information content (AvgIpc) is 2.60. The molecule has 1 aliphatic carbocycles. The molecule has 0 fully saturated rings. The molecule has 0 saturated carbocycles. The molecule has 0 spiro atoms. The van der Waals surface area contributed by atoms with Gasteiger partial charge in [0, 0.05) is 6.04 Å². The number of fused-ring (bicyclic) bond motifs is 1. The van der Waals surface area contributed by atoms with E-state index in [1.165, 1.54) is 17.5 Å². The predicted molar refractivity (Wildman–Crippen MR) is 53.1 cm³/mol. The Labute approximate surface area is 78.9 Å². The first kappa shape index (κ1) is 8.57. The van der Waals surface area contributed by atoms with E-state index >= 15 is 0 Å². The van der Waals surface area contributed by atoms with Crippen molar-refractivity contribution in [3.8, 4) is 5.75 Å². The van der Waals surface area contributed by atoms with Gasteiger partial charge in [-0.2, -0.15) is 0 Å². The summed E-state index contributed by atoms with van der Waals surface area (Å²) in [7, 11) is 3.75. The monoisotopic (exact) mass is 177 g/mol.